The van der Waals surface area contributed by atoms with Crippen molar-refractivity contribution < 1.29 is 19.1 Å². The summed E-state index contributed by atoms with van der Waals surface area (Å²) in [5, 5.41) is 3.52. The number of anilines is 1. The van der Waals surface area contributed by atoms with Crippen LogP contribution >= 0.6 is 0 Å². The highest BCUT2D eigenvalue weighted by Crippen LogP contribution is 2.19. The van der Waals surface area contributed by atoms with E-state index in [1.165, 1.54) is 0 Å². The SMILES string of the molecule is O=C(COC(=O)c1cc2ccccc2[nH]1)Nc1ccccc1C(=O)c1ccccc1. The molecule has 0 aliphatic carbocycles. The molecule has 1 amide bonds. The molecule has 0 unspecified atom stereocenters. The van der Waals surface area contributed by atoms with Crippen molar-refractivity contribution in [1.82, 2.24) is 4.98 Å². The van der Waals surface area contributed by atoms with Gasteiger partial charge in [0.15, 0.2) is 12.4 Å². The molecule has 30 heavy (non-hydrogen) atoms. The number of ether oxygens (including phenoxy) is 1. The number of aromatic amines is 1. The lowest BCUT2D eigenvalue weighted by atomic mass is 10.0. The largest absolute Gasteiger partial charge is 0.451 e. The van der Waals surface area contributed by atoms with E-state index < -0.39 is 18.5 Å². The predicted molar refractivity (Wildman–Crippen MR) is 114 cm³/mol. The van der Waals surface area contributed by atoms with Crippen molar-refractivity contribution >= 4 is 34.3 Å². The van der Waals surface area contributed by atoms with Gasteiger partial charge >= 0.3 is 5.97 Å². The van der Waals surface area contributed by atoms with E-state index in [0.717, 1.165) is 10.9 Å². The fraction of sp³-hybridized carbons (Fsp3) is 0.0417. The summed E-state index contributed by atoms with van der Waals surface area (Å²) in [4.78, 5) is 40.3. The summed E-state index contributed by atoms with van der Waals surface area (Å²) in [5.74, 6) is -1.37. The predicted octanol–water partition coefficient (Wildman–Crippen LogP) is 4.19. The van der Waals surface area contributed by atoms with Crippen molar-refractivity contribution in [2.75, 3.05) is 11.9 Å². The van der Waals surface area contributed by atoms with Gasteiger partial charge in [-0.3, -0.25) is 9.59 Å². The molecule has 6 nitrogen and oxygen atoms in total. The van der Waals surface area contributed by atoms with Gasteiger partial charge < -0.3 is 15.0 Å². The number of fused-ring (bicyclic) bond motifs is 1. The molecule has 0 fully saturated rings. The second-order valence-corrected chi connectivity index (χ2v) is 6.64. The molecule has 0 aliphatic heterocycles. The summed E-state index contributed by atoms with van der Waals surface area (Å²) in [7, 11) is 0. The first kappa shape index (κ1) is 19.1. The summed E-state index contributed by atoms with van der Waals surface area (Å²) < 4.78 is 5.11. The van der Waals surface area contributed by atoms with Crippen molar-refractivity contribution in [3.63, 3.8) is 0 Å². The molecule has 2 N–H and O–H groups in total. The second-order valence-electron chi connectivity index (χ2n) is 6.64. The smallest absolute Gasteiger partial charge is 0.355 e. The number of amides is 1. The van der Waals surface area contributed by atoms with Gasteiger partial charge in [-0.25, -0.2) is 4.79 Å². The molecule has 0 saturated carbocycles. The number of para-hydroxylation sites is 2. The van der Waals surface area contributed by atoms with Crippen LogP contribution in [0.4, 0.5) is 5.69 Å². The highest BCUT2D eigenvalue weighted by molar-refractivity contribution is 6.14. The monoisotopic (exact) mass is 398 g/mol. The maximum Gasteiger partial charge on any atom is 0.355 e. The third-order valence-electron chi connectivity index (χ3n) is 4.57. The van der Waals surface area contributed by atoms with Crippen LogP contribution in [0, 0.1) is 0 Å². The minimum absolute atomic E-state index is 0.207. The number of carbonyl (C=O) groups excluding carboxylic acids is 3. The zero-order valence-electron chi connectivity index (χ0n) is 15.9. The van der Waals surface area contributed by atoms with Gasteiger partial charge in [0, 0.05) is 22.0 Å². The first-order valence-electron chi connectivity index (χ1n) is 9.35. The molecule has 1 heterocycles. The minimum atomic E-state index is -0.630. The first-order valence-corrected chi connectivity index (χ1v) is 9.35. The number of ketones is 1. The molecule has 0 aliphatic rings. The van der Waals surface area contributed by atoms with Crippen LogP contribution in [0.25, 0.3) is 10.9 Å². The van der Waals surface area contributed by atoms with Crippen molar-refractivity contribution in [3.8, 4) is 0 Å². The molecule has 0 radical (unpaired) electrons. The number of hydrogen-bond acceptors (Lipinski definition) is 4. The van der Waals surface area contributed by atoms with Crippen LogP contribution in [0.3, 0.4) is 0 Å². The molecule has 3 aromatic carbocycles. The van der Waals surface area contributed by atoms with E-state index in [9.17, 15) is 14.4 Å². The Morgan fingerprint density at radius 3 is 2.33 bits per heavy atom. The number of esters is 1. The van der Waals surface area contributed by atoms with Crippen LogP contribution in [0.5, 0.6) is 0 Å². The van der Waals surface area contributed by atoms with Crippen LogP contribution in [0.2, 0.25) is 0 Å². The Bertz CT molecular complexity index is 1200. The quantitative estimate of drug-likeness (QED) is 0.376. The molecule has 0 bridgehead atoms. The molecule has 0 atom stereocenters. The highest BCUT2D eigenvalue weighted by atomic mass is 16.5. The van der Waals surface area contributed by atoms with Gasteiger partial charge in [-0.15, -0.1) is 0 Å². The van der Waals surface area contributed by atoms with E-state index in [2.05, 4.69) is 10.3 Å². The van der Waals surface area contributed by atoms with Crippen molar-refractivity contribution in [2.45, 2.75) is 0 Å². The molecule has 0 spiro atoms. The average Bonchev–Trinajstić information content (AvgIpc) is 3.22. The third kappa shape index (κ3) is 4.12. The van der Waals surface area contributed by atoms with Gasteiger partial charge in [-0.1, -0.05) is 60.7 Å². The molecule has 1 aromatic heterocycles. The van der Waals surface area contributed by atoms with Gasteiger partial charge in [-0.05, 0) is 24.3 Å². The molecular weight excluding hydrogens is 380 g/mol. The molecule has 4 aromatic rings. The second kappa shape index (κ2) is 8.45. The Morgan fingerprint density at radius 2 is 1.53 bits per heavy atom. The molecule has 148 valence electrons. The van der Waals surface area contributed by atoms with E-state index in [1.54, 1.807) is 54.6 Å². The molecule has 0 saturated heterocycles. The van der Waals surface area contributed by atoms with E-state index >= 15 is 0 Å². The number of rotatable bonds is 6. The van der Waals surface area contributed by atoms with Gasteiger partial charge in [0.05, 0.1) is 5.69 Å². The Morgan fingerprint density at radius 1 is 0.833 bits per heavy atom. The van der Waals surface area contributed by atoms with Crippen LogP contribution in [-0.2, 0) is 9.53 Å². The third-order valence-corrected chi connectivity index (χ3v) is 4.57. The number of aromatic nitrogens is 1. The molecule has 6 heteroatoms. The van der Waals surface area contributed by atoms with Crippen molar-refractivity contribution in [2.24, 2.45) is 0 Å². The minimum Gasteiger partial charge on any atom is -0.451 e. The Balaban J connectivity index is 1.42. The maximum atomic E-state index is 12.7. The maximum absolute atomic E-state index is 12.7. The number of H-pyrrole nitrogens is 1. The van der Waals surface area contributed by atoms with Crippen molar-refractivity contribution in [3.05, 3.63) is 102 Å². The van der Waals surface area contributed by atoms with Gasteiger partial charge in [-0.2, -0.15) is 0 Å². The number of nitrogens with one attached hydrogen (secondary N) is 2. The lowest BCUT2D eigenvalue weighted by Crippen LogP contribution is -2.22. The lowest BCUT2D eigenvalue weighted by molar-refractivity contribution is -0.119. The summed E-state index contributed by atoms with van der Waals surface area (Å²) in [6, 6.07) is 24.6. The Labute approximate surface area is 172 Å². The van der Waals surface area contributed by atoms with Gasteiger partial charge in [0.1, 0.15) is 5.69 Å². The summed E-state index contributed by atoms with van der Waals surface area (Å²) in [5.41, 5.74) is 2.31. The molecular formula is C24H18N2O4. The van der Waals surface area contributed by atoms with E-state index in [-0.39, 0.29) is 11.5 Å². The Hall–Kier alpha value is -4.19. The summed E-state index contributed by atoms with van der Waals surface area (Å²) in [6.07, 6.45) is 0. The van der Waals surface area contributed by atoms with E-state index in [0.29, 0.717) is 16.8 Å². The number of benzene rings is 3. The van der Waals surface area contributed by atoms with Crippen LogP contribution in [0.15, 0.2) is 84.9 Å². The summed E-state index contributed by atoms with van der Waals surface area (Å²) in [6.45, 7) is -0.470. The highest BCUT2D eigenvalue weighted by Gasteiger charge is 2.17. The zero-order valence-corrected chi connectivity index (χ0v) is 15.9. The van der Waals surface area contributed by atoms with Crippen LogP contribution in [0.1, 0.15) is 26.4 Å². The fourth-order valence-corrected chi connectivity index (χ4v) is 3.11. The topological polar surface area (TPSA) is 88.3 Å². The zero-order chi connectivity index (χ0) is 20.9. The van der Waals surface area contributed by atoms with Crippen LogP contribution in [-0.4, -0.2) is 29.3 Å². The number of carbonyl (C=O) groups is 3. The van der Waals surface area contributed by atoms with E-state index in [4.69, 9.17) is 4.74 Å². The lowest BCUT2D eigenvalue weighted by Gasteiger charge is -2.10. The normalized spacial score (nSPS) is 10.5. The van der Waals surface area contributed by atoms with Gasteiger partial charge in [0.25, 0.3) is 5.91 Å². The van der Waals surface area contributed by atoms with E-state index in [1.807, 2.05) is 30.3 Å². The van der Waals surface area contributed by atoms with Gasteiger partial charge in [0.2, 0.25) is 0 Å². The first-order chi connectivity index (χ1) is 14.6. The van der Waals surface area contributed by atoms with Crippen molar-refractivity contribution in [1.29, 1.82) is 0 Å². The average molecular weight is 398 g/mol. The standard InChI is InChI=1S/C24H18N2O4/c27-22(15-30-24(29)21-14-17-10-4-6-12-19(17)25-21)26-20-13-7-5-11-18(20)23(28)16-8-2-1-3-9-16/h1-14,25H,15H2,(H,26,27). The summed E-state index contributed by atoms with van der Waals surface area (Å²) >= 11 is 0. The fourth-order valence-electron chi connectivity index (χ4n) is 3.11. The Kier molecular flexibility index (Phi) is 5.39. The molecule has 4 rings (SSSR count). The number of hydrogen-bond donors (Lipinski definition) is 2. The van der Waals surface area contributed by atoms with Crippen LogP contribution < -0.4 is 5.32 Å².